The molecule has 0 saturated heterocycles. The van der Waals surface area contributed by atoms with E-state index < -0.39 is 27.5 Å². The maximum Gasteiger partial charge on any atom is 0.417 e. The number of sulfone groups is 1. The van der Waals surface area contributed by atoms with Crippen LogP contribution in [-0.2, 0) is 16.0 Å². The minimum Gasteiger partial charge on any atom is -0.299 e. The number of imidazole rings is 1. The van der Waals surface area contributed by atoms with Gasteiger partial charge in [0.15, 0.2) is 9.84 Å². The van der Waals surface area contributed by atoms with Crippen molar-refractivity contribution in [2.24, 2.45) is 5.84 Å². The quantitative estimate of drug-likeness (QED) is 0.242. The van der Waals surface area contributed by atoms with Gasteiger partial charge in [0.25, 0.3) is 5.91 Å². The van der Waals surface area contributed by atoms with Gasteiger partial charge in [0.05, 0.1) is 10.5 Å². The van der Waals surface area contributed by atoms with Crippen LogP contribution in [0.15, 0.2) is 83.9 Å². The summed E-state index contributed by atoms with van der Waals surface area (Å²) in [5, 5.41) is 0. The number of halogens is 3. The number of alkyl halides is 3. The zero-order valence-electron chi connectivity index (χ0n) is 18.2. The number of hydrazine groups is 1. The molecule has 0 radical (unpaired) electrons. The minimum absolute atomic E-state index is 0.0941. The lowest BCUT2D eigenvalue weighted by Crippen LogP contribution is -2.30. The summed E-state index contributed by atoms with van der Waals surface area (Å²) in [6.45, 7) is 0. The molecule has 3 aromatic carbocycles. The SMILES string of the molecule is CS(=O)(=O)c1cccc(-c2ccc(-n3cc(C(=O)NN)nc3-c3ccccc3C(F)(F)F)cc2)c1. The summed E-state index contributed by atoms with van der Waals surface area (Å²) < 4.78 is 66.2. The zero-order valence-corrected chi connectivity index (χ0v) is 19.1. The summed E-state index contributed by atoms with van der Waals surface area (Å²) in [5.41, 5.74) is 2.43. The van der Waals surface area contributed by atoms with Gasteiger partial charge in [-0.25, -0.2) is 19.2 Å². The van der Waals surface area contributed by atoms with E-state index in [-0.39, 0.29) is 22.0 Å². The van der Waals surface area contributed by atoms with E-state index in [1.807, 2.05) is 5.43 Å². The molecule has 0 fully saturated rings. The van der Waals surface area contributed by atoms with Gasteiger partial charge >= 0.3 is 6.18 Å². The highest BCUT2D eigenvalue weighted by atomic mass is 32.2. The molecular formula is C24H19F3N4O3S. The number of aromatic nitrogens is 2. The van der Waals surface area contributed by atoms with Crippen molar-refractivity contribution in [1.29, 1.82) is 0 Å². The lowest BCUT2D eigenvalue weighted by atomic mass is 10.0. The van der Waals surface area contributed by atoms with Crippen LogP contribution in [0.25, 0.3) is 28.2 Å². The van der Waals surface area contributed by atoms with Gasteiger partial charge in [0, 0.05) is 23.7 Å². The average molecular weight is 501 g/mol. The van der Waals surface area contributed by atoms with Gasteiger partial charge in [0.1, 0.15) is 11.5 Å². The number of carbonyl (C=O) groups is 1. The molecule has 0 unspecified atom stereocenters. The number of nitrogens with one attached hydrogen (secondary N) is 1. The molecule has 180 valence electrons. The minimum atomic E-state index is -4.64. The fourth-order valence-electron chi connectivity index (χ4n) is 3.60. The van der Waals surface area contributed by atoms with Gasteiger partial charge < -0.3 is 0 Å². The van der Waals surface area contributed by atoms with Gasteiger partial charge in [-0.15, -0.1) is 0 Å². The molecule has 35 heavy (non-hydrogen) atoms. The summed E-state index contributed by atoms with van der Waals surface area (Å²) in [4.78, 5) is 16.4. The number of rotatable bonds is 5. The molecule has 4 aromatic rings. The first-order chi connectivity index (χ1) is 16.5. The average Bonchev–Trinajstić information content (AvgIpc) is 3.28. The Morgan fingerprint density at radius 1 is 0.971 bits per heavy atom. The topological polar surface area (TPSA) is 107 Å². The first kappa shape index (κ1) is 24.2. The van der Waals surface area contributed by atoms with E-state index >= 15 is 0 Å². The second-order valence-electron chi connectivity index (χ2n) is 7.68. The number of nitrogens with zero attached hydrogens (tertiary/aromatic N) is 2. The van der Waals surface area contributed by atoms with E-state index in [0.717, 1.165) is 12.3 Å². The number of amides is 1. The molecule has 0 aliphatic rings. The number of nitrogen functional groups attached to an aromatic ring is 1. The van der Waals surface area contributed by atoms with Crippen molar-refractivity contribution in [2.75, 3.05) is 6.26 Å². The predicted molar refractivity (Wildman–Crippen MR) is 124 cm³/mol. The Balaban J connectivity index is 1.83. The highest BCUT2D eigenvalue weighted by Gasteiger charge is 2.35. The standard InChI is InChI=1S/C24H19F3N4O3S/c1-35(33,34)18-6-4-5-16(13-18)15-9-11-17(12-10-15)31-14-21(23(32)30-28)29-22(31)19-7-2-3-8-20(19)24(25,26)27/h2-14H,28H2,1H3,(H,30,32). The second kappa shape index (κ2) is 9.01. The lowest BCUT2D eigenvalue weighted by Gasteiger charge is -2.14. The molecule has 7 nitrogen and oxygen atoms in total. The molecule has 0 saturated carbocycles. The van der Waals surface area contributed by atoms with E-state index in [4.69, 9.17) is 5.84 Å². The first-order valence-corrected chi connectivity index (χ1v) is 12.1. The summed E-state index contributed by atoms with van der Waals surface area (Å²) in [5.74, 6) is 4.34. The Labute approximate surface area is 198 Å². The molecule has 0 aliphatic carbocycles. The fourth-order valence-corrected chi connectivity index (χ4v) is 4.26. The van der Waals surface area contributed by atoms with Gasteiger partial charge in [-0.2, -0.15) is 13.2 Å². The van der Waals surface area contributed by atoms with E-state index in [1.54, 1.807) is 36.4 Å². The Morgan fingerprint density at radius 3 is 2.29 bits per heavy atom. The fraction of sp³-hybridized carbons (Fsp3) is 0.0833. The molecule has 0 aliphatic heterocycles. The van der Waals surface area contributed by atoms with Crippen molar-refractivity contribution in [3.8, 4) is 28.2 Å². The van der Waals surface area contributed by atoms with Gasteiger partial charge in [-0.05, 0) is 41.5 Å². The van der Waals surface area contributed by atoms with Crippen molar-refractivity contribution in [2.45, 2.75) is 11.1 Å². The lowest BCUT2D eigenvalue weighted by molar-refractivity contribution is -0.137. The number of carbonyl (C=O) groups excluding carboxylic acids is 1. The van der Waals surface area contributed by atoms with Crippen LogP contribution in [0.4, 0.5) is 13.2 Å². The number of benzene rings is 3. The third kappa shape index (κ3) is 4.96. The summed E-state index contributed by atoms with van der Waals surface area (Å²) in [6, 6.07) is 18.0. The third-order valence-corrected chi connectivity index (χ3v) is 6.39. The molecule has 11 heteroatoms. The van der Waals surface area contributed by atoms with Crippen LogP contribution in [0.2, 0.25) is 0 Å². The second-order valence-corrected chi connectivity index (χ2v) is 9.70. The van der Waals surface area contributed by atoms with Crippen molar-refractivity contribution in [3.63, 3.8) is 0 Å². The predicted octanol–water partition coefficient (Wildman–Crippen LogP) is 4.23. The van der Waals surface area contributed by atoms with Crippen molar-refractivity contribution in [1.82, 2.24) is 15.0 Å². The van der Waals surface area contributed by atoms with E-state index in [0.29, 0.717) is 16.8 Å². The zero-order chi connectivity index (χ0) is 25.4. The van der Waals surface area contributed by atoms with Crippen LogP contribution in [0.1, 0.15) is 16.1 Å². The van der Waals surface area contributed by atoms with E-state index in [9.17, 15) is 26.4 Å². The van der Waals surface area contributed by atoms with Gasteiger partial charge in [0.2, 0.25) is 0 Å². The van der Waals surface area contributed by atoms with E-state index in [2.05, 4.69) is 4.98 Å². The molecule has 0 atom stereocenters. The van der Waals surface area contributed by atoms with Crippen molar-refractivity contribution >= 4 is 15.7 Å². The van der Waals surface area contributed by atoms with Crippen LogP contribution in [0.5, 0.6) is 0 Å². The van der Waals surface area contributed by atoms with Crippen LogP contribution in [-0.4, -0.2) is 30.1 Å². The number of hydrogen-bond donors (Lipinski definition) is 2. The van der Waals surface area contributed by atoms with Crippen LogP contribution >= 0.6 is 0 Å². The monoisotopic (exact) mass is 500 g/mol. The molecule has 4 rings (SSSR count). The largest absolute Gasteiger partial charge is 0.417 e. The van der Waals surface area contributed by atoms with Gasteiger partial charge in [-0.3, -0.25) is 14.8 Å². The molecule has 0 bridgehead atoms. The Morgan fingerprint density at radius 2 is 1.66 bits per heavy atom. The highest BCUT2D eigenvalue weighted by Crippen LogP contribution is 2.37. The van der Waals surface area contributed by atoms with Crippen molar-refractivity contribution < 1.29 is 26.4 Å². The smallest absolute Gasteiger partial charge is 0.299 e. The molecule has 3 N–H and O–H groups in total. The molecule has 1 heterocycles. The summed E-state index contributed by atoms with van der Waals surface area (Å²) in [6.07, 6.45) is -2.23. The number of nitrogens with two attached hydrogens (primary N) is 1. The normalized spacial score (nSPS) is 11.9. The Hall–Kier alpha value is -3.96. The van der Waals surface area contributed by atoms with Crippen LogP contribution in [0, 0.1) is 0 Å². The van der Waals surface area contributed by atoms with Crippen molar-refractivity contribution in [3.05, 3.63) is 90.3 Å². The van der Waals surface area contributed by atoms with E-state index in [1.165, 1.54) is 41.1 Å². The molecule has 1 amide bonds. The maximum atomic E-state index is 13.7. The molecule has 0 spiro atoms. The molecular weight excluding hydrogens is 481 g/mol. The maximum absolute atomic E-state index is 13.7. The molecule has 1 aromatic heterocycles. The first-order valence-electron chi connectivity index (χ1n) is 10.2. The van der Waals surface area contributed by atoms with Crippen LogP contribution < -0.4 is 11.3 Å². The number of hydrogen-bond acceptors (Lipinski definition) is 5. The Bertz CT molecular complexity index is 1510. The Kier molecular flexibility index (Phi) is 6.22. The van der Waals surface area contributed by atoms with Gasteiger partial charge in [-0.1, -0.05) is 42.5 Å². The third-order valence-electron chi connectivity index (χ3n) is 5.28. The summed E-state index contributed by atoms with van der Waals surface area (Å²) >= 11 is 0. The highest BCUT2D eigenvalue weighted by molar-refractivity contribution is 7.90. The van der Waals surface area contributed by atoms with Crippen LogP contribution in [0.3, 0.4) is 0 Å². The summed E-state index contributed by atoms with van der Waals surface area (Å²) in [7, 11) is -3.40.